The summed E-state index contributed by atoms with van der Waals surface area (Å²) in [5.41, 5.74) is 1.16. The summed E-state index contributed by atoms with van der Waals surface area (Å²) < 4.78 is 5.58. The quantitative estimate of drug-likeness (QED) is 0.783. The Bertz CT molecular complexity index is 555. The normalized spacial score (nSPS) is 27.1. The van der Waals surface area contributed by atoms with Crippen LogP contribution in [0.5, 0.6) is 0 Å². The Labute approximate surface area is 132 Å². The maximum atomic E-state index is 12.9. The summed E-state index contributed by atoms with van der Waals surface area (Å²) in [5, 5.41) is 0. The van der Waals surface area contributed by atoms with Crippen molar-refractivity contribution < 1.29 is 9.53 Å². The molecular weight excluding hydrogens is 276 g/mol. The van der Waals surface area contributed by atoms with Crippen LogP contribution in [0.25, 0.3) is 0 Å². The molecule has 2 amide bonds. The minimum Gasteiger partial charge on any atom is -0.375 e. The zero-order valence-corrected chi connectivity index (χ0v) is 13.5. The summed E-state index contributed by atoms with van der Waals surface area (Å²) in [6, 6.07) is 10.5. The second kappa shape index (κ2) is 6.13. The van der Waals surface area contributed by atoms with Gasteiger partial charge in [0.15, 0.2) is 0 Å². The molecule has 1 aromatic carbocycles. The third-order valence-corrected chi connectivity index (χ3v) is 4.43. The smallest absolute Gasteiger partial charge is 0.321 e. The number of fused-ring (bicyclic) bond motifs is 1. The van der Waals surface area contributed by atoms with Crippen molar-refractivity contribution in [1.29, 1.82) is 0 Å². The van der Waals surface area contributed by atoms with Crippen LogP contribution in [-0.2, 0) is 11.3 Å². The number of nitrogens with zero attached hydrogens (tertiary/aromatic N) is 2. The molecule has 1 heterocycles. The molecule has 1 aliphatic heterocycles. The van der Waals surface area contributed by atoms with Crippen LogP contribution in [0.2, 0.25) is 0 Å². The zero-order chi connectivity index (χ0) is 15.7. The van der Waals surface area contributed by atoms with Gasteiger partial charge in [0.2, 0.25) is 0 Å². The van der Waals surface area contributed by atoms with Crippen LogP contribution >= 0.6 is 0 Å². The highest BCUT2D eigenvalue weighted by atomic mass is 16.5. The van der Waals surface area contributed by atoms with Crippen LogP contribution < -0.4 is 0 Å². The lowest BCUT2D eigenvalue weighted by Crippen LogP contribution is -2.44. The van der Waals surface area contributed by atoms with Crippen molar-refractivity contribution in [3.05, 3.63) is 48.0 Å². The predicted octanol–water partition coefficient (Wildman–Crippen LogP) is 2.90. The van der Waals surface area contributed by atoms with Gasteiger partial charge in [-0.2, -0.15) is 0 Å². The van der Waals surface area contributed by atoms with E-state index >= 15 is 0 Å². The molecule has 0 N–H and O–H groups in total. The van der Waals surface area contributed by atoms with Gasteiger partial charge >= 0.3 is 6.03 Å². The monoisotopic (exact) mass is 300 g/mol. The van der Waals surface area contributed by atoms with Gasteiger partial charge in [-0.3, -0.25) is 0 Å². The average Bonchev–Trinajstić information content (AvgIpc) is 3.03. The molecule has 1 unspecified atom stereocenters. The lowest BCUT2D eigenvalue weighted by Gasteiger charge is -2.28. The van der Waals surface area contributed by atoms with Gasteiger partial charge in [-0.05, 0) is 11.5 Å². The molecule has 0 bridgehead atoms. The molecule has 118 valence electrons. The molecular formula is C18H24N2O2. The van der Waals surface area contributed by atoms with E-state index in [0.29, 0.717) is 12.5 Å². The minimum atomic E-state index is -0.00604. The van der Waals surface area contributed by atoms with E-state index in [1.807, 2.05) is 28.0 Å². The number of methoxy groups -OCH3 is 1. The molecule has 0 spiro atoms. The van der Waals surface area contributed by atoms with Crippen LogP contribution in [0.4, 0.5) is 4.79 Å². The summed E-state index contributed by atoms with van der Waals surface area (Å²) in [5.74, 6) is 0.444. The first-order valence-corrected chi connectivity index (χ1v) is 7.94. The first-order chi connectivity index (χ1) is 10.6. The number of urea groups is 1. The Kier molecular flexibility index (Phi) is 4.21. The number of carbonyl (C=O) groups excluding carboxylic acids is 1. The molecule has 0 saturated carbocycles. The molecule has 1 fully saturated rings. The minimum absolute atomic E-state index is 0.00604. The van der Waals surface area contributed by atoms with E-state index in [0.717, 1.165) is 12.1 Å². The third-order valence-electron chi connectivity index (χ3n) is 4.43. The summed E-state index contributed by atoms with van der Waals surface area (Å²) in [6.07, 6.45) is 4.21. The summed E-state index contributed by atoms with van der Waals surface area (Å²) in [7, 11) is 1.72. The zero-order valence-electron chi connectivity index (χ0n) is 13.5. The second-order valence-electron chi connectivity index (χ2n) is 6.51. The summed E-state index contributed by atoms with van der Waals surface area (Å²) in [6.45, 7) is 5.71. The molecule has 2 aliphatic rings. The molecule has 1 aliphatic carbocycles. The van der Waals surface area contributed by atoms with Crippen molar-refractivity contribution in [2.75, 3.05) is 13.7 Å². The fourth-order valence-electron chi connectivity index (χ4n) is 3.48. The van der Waals surface area contributed by atoms with Crippen LogP contribution in [-0.4, -0.2) is 47.7 Å². The SMILES string of the molecule is CO[C@H]1C=C[C@H]2C1N(CC(C)C)C(=O)N2Cc1ccccc1. The van der Waals surface area contributed by atoms with Crippen molar-refractivity contribution in [3.8, 4) is 0 Å². The molecule has 1 aromatic rings. The van der Waals surface area contributed by atoms with Crippen LogP contribution in [0.1, 0.15) is 19.4 Å². The maximum absolute atomic E-state index is 12.9. The van der Waals surface area contributed by atoms with Crippen molar-refractivity contribution in [1.82, 2.24) is 9.80 Å². The Balaban J connectivity index is 1.85. The highest BCUT2D eigenvalue weighted by Crippen LogP contribution is 2.34. The van der Waals surface area contributed by atoms with E-state index in [-0.39, 0.29) is 24.2 Å². The van der Waals surface area contributed by atoms with Gasteiger partial charge in [0.05, 0.1) is 18.2 Å². The lowest BCUT2D eigenvalue weighted by atomic mass is 10.1. The molecule has 1 saturated heterocycles. The topological polar surface area (TPSA) is 32.8 Å². The second-order valence-corrected chi connectivity index (χ2v) is 6.51. The van der Waals surface area contributed by atoms with Crippen molar-refractivity contribution in [2.24, 2.45) is 5.92 Å². The molecule has 0 radical (unpaired) electrons. The van der Waals surface area contributed by atoms with Crippen molar-refractivity contribution >= 4 is 6.03 Å². The lowest BCUT2D eigenvalue weighted by molar-refractivity contribution is 0.0725. The first kappa shape index (κ1) is 15.1. The van der Waals surface area contributed by atoms with E-state index in [2.05, 4.69) is 38.1 Å². The van der Waals surface area contributed by atoms with Crippen LogP contribution in [0.15, 0.2) is 42.5 Å². The molecule has 3 rings (SSSR count). The van der Waals surface area contributed by atoms with Gasteiger partial charge in [-0.15, -0.1) is 0 Å². The van der Waals surface area contributed by atoms with Crippen LogP contribution in [0, 0.1) is 5.92 Å². The maximum Gasteiger partial charge on any atom is 0.321 e. The Morgan fingerprint density at radius 2 is 1.86 bits per heavy atom. The van der Waals surface area contributed by atoms with Gasteiger partial charge in [0, 0.05) is 20.2 Å². The van der Waals surface area contributed by atoms with Gasteiger partial charge < -0.3 is 14.5 Å². The predicted molar refractivity (Wildman–Crippen MR) is 86.4 cm³/mol. The number of carbonyl (C=O) groups is 1. The van der Waals surface area contributed by atoms with E-state index in [9.17, 15) is 4.79 Å². The summed E-state index contributed by atoms with van der Waals surface area (Å²) >= 11 is 0. The third kappa shape index (κ3) is 2.63. The molecule has 4 nitrogen and oxygen atoms in total. The van der Waals surface area contributed by atoms with E-state index in [1.165, 1.54) is 0 Å². The molecule has 4 heteroatoms. The average molecular weight is 300 g/mol. The molecule has 0 aromatic heterocycles. The number of hydrogen-bond donors (Lipinski definition) is 0. The van der Waals surface area contributed by atoms with Gasteiger partial charge in [-0.1, -0.05) is 56.3 Å². The van der Waals surface area contributed by atoms with Gasteiger partial charge in [0.25, 0.3) is 0 Å². The highest BCUT2D eigenvalue weighted by molar-refractivity contribution is 5.79. The van der Waals surface area contributed by atoms with Crippen molar-refractivity contribution in [2.45, 2.75) is 38.6 Å². The molecule has 3 atom stereocenters. The number of rotatable bonds is 5. The van der Waals surface area contributed by atoms with E-state index < -0.39 is 0 Å². The number of benzene rings is 1. The van der Waals surface area contributed by atoms with Crippen molar-refractivity contribution in [3.63, 3.8) is 0 Å². The fraction of sp³-hybridized carbons (Fsp3) is 0.500. The van der Waals surface area contributed by atoms with Gasteiger partial charge in [0.1, 0.15) is 0 Å². The van der Waals surface area contributed by atoms with E-state index in [4.69, 9.17) is 4.74 Å². The standard InChI is InChI=1S/C18H24N2O2/c1-13(2)11-20-17-15(9-10-16(17)22-3)19(18(20)21)12-14-7-5-4-6-8-14/h4-10,13,15-17H,11-12H2,1-3H3/t15-,16-,17?/m0/s1. The van der Waals surface area contributed by atoms with Crippen LogP contribution in [0.3, 0.4) is 0 Å². The summed E-state index contributed by atoms with van der Waals surface area (Å²) in [4.78, 5) is 16.8. The largest absolute Gasteiger partial charge is 0.375 e. The van der Waals surface area contributed by atoms with Gasteiger partial charge in [-0.25, -0.2) is 4.79 Å². The number of hydrogen-bond acceptors (Lipinski definition) is 2. The molecule has 22 heavy (non-hydrogen) atoms. The number of ether oxygens (including phenoxy) is 1. The Hall–Kier alpha value is -1.81. The number of amides is 2. The Morgan fingerprint density at radius 1 is 1.14 bits per heavy atom. The first-order valence-electron chi connectivity index (χ1n) is 7.94. The highest BCUT2D eigenvalue weighted by Gasteiger charge is 2.50. The van der Waals surface area contributed by atoms with E-state index in [1.54, 1.807) is 7.11 Å². The Morgan fingerprint density at radius 3 is 2.50 bits per heavy atom. The fourth-order valence-corrected chi connectivity index (χ4v) is 3.48.